The highest BCUT2D eigenvalue weighted by molar-refractivity contribution is 7.95. The first-order valence-electron chi connectivity index (χ1n) is 8.33. The minimum Gasteiger partial charge on any atom is -0.449 e. The molecule has 0 unspecified atom stereocenters. The molecule has 1 aromatic heterocycles. The Morgan fingerprint density at radius 1 is 1.03 bits per heavy atom. The Morgan fingerprint density at radius 2 is 1.72 bits per heavy atom. The van der Waals surface area contributed by atoms with Crippen LogP contribution in [-0.2, 0) is 18.5 Å². The van der Waals surface area contributed by atoms with Gasteiger partial charge in [0.2, 0.25) is 5.76 Å². The Bertz CT molecular complexity index is 893. The van der Waals surface area contributed by atoms with Crippen LogP contribution in [0.2, 0.25) is 5.02 Å². The molecule has 1 heterocycles. The molecule has 154 valence electrons. The fraction of sp³-hybridized carbons (Fsp3) is 0.222. The average Bonchev–Trinajstić information content (AvgIpc) is 3.17. The van der Waals surface area contributed by atoms with E-state index in [9.17, 15) is 14.4 Å². The number of guanidine groups is 1. The molecule has 11 heteroatoms. The van der Waals surface area contributed by atoms with E-state index in [0.29, 0.717) is 22.1 Å². The molecule has 0 aliphatic carbocycles. The summed E-state index contributed by atoms with van der Waals surface area (Å²) in [6, 6.07) is 9.77. The summed E-state index contributed by atoms with van der Waals surface area (Å²) in [5.41, 5.74) is 11.0. The SMILES string of the molecule is NC(N)=NCCSOC(=O)CCC(=O)OC(=O)c1ccc(-c2ccc(Cl)cc2)o1. The first kappa shape index (κ1) is 22.3. The Hall–Kier alpha value is -2.98. The monoisotopic (exact) mass is 439 g/mol. The lowest BCUT2D eigenvalue weighted by molar-refractivity contribution is -0.142. The molecule has 4 N–H and O–H groups in total. The third-order valence-electron chi connectivity index (χ3n) is 3.30. The summed E-state index contributed by atoms with van der Waals surface area (Å²) in [5.74, 6) is -1.87. The van der Waals surface area contributed by atoms with Crippen molar-refractivity contribution in [1.82, 2.24) is 0 Å². The van der Waals surface area contributed by atoms with Crippen LogP contribution in [0, 0.1) is 0 Å². The molecule has 0 saturated carbocycles. The largest absolute Gasteiger partial charge is 0.449 e. The number of rotatable bonds is 9. The second kappa shape index (κ2) is 11.1. The van der Waals surface area contributed by atoms with Crippen molar-refractivity contribution in [2.45, 2.75) is 12.8 Å². The zero-order valence-corrected chi connectivity index (χ0v) is 16.7. The van der Waals surface area contributed by atoms with Crippen LogP contribution in [0.3, 0.4) is 0 Å². The van der Waals surface area contributed by atoms with Gasteiger partial charge in [-0.2, -0.15) is 0 Å². The lowest BCUT2D eigenvalue weighted by Gasteiger charge is -2.02. The summed E-state index contributed by atoms with van der Waals surface area (Å²) < 4.78 is 14.9. The lowest BCUT2D eigenvalue weighted by Crippen LogP contribution is -2.23. The van der Waals surface area contributed by atoms with Gasteiger partial charge in [0.25, 0.3) is 0 Å². The Morgan fingerprint density at radius 3 is 2.41 bits per heavy atom. The van der Waals surface area contributed by atoms with Gasteiger partial charge >= 0.3 is 17.9 Å². The van der Waals surface area contributed by atoms with Crippen LogP contribution >= 0.6 is 23.6 Å². The van der Waals surface area contributed by atoms with Crippen molar-refractivity contribution in [3.05, 3.63) is 47.2 Å². The first-order chi connectivity index (χ1) is 13.8. The number of aliphatic imine (C=N–C) groups is 1. The second-order valence-electron chi connectivity index (χ2n) is 5.52. The van der Waals surface area contributed by atoms with E-state index in [1.54, 1.807) is 30.3 Å². The molecule has 0 bridgehead atoms. The minimum absolute atomic E-state index is 0.0545. The predicted molar refractivity (Wildman–Crippen MR) is 108 cm³/mol. The summed E-state index contributed by atoms with van der Waals surface area (Å²) in [5, 5.41) is 0.566. The molecule has 0 atom stereocenters. The van der Waals surface area contributed by atoms with E-state index >= 15 is 0 Å². The molecule has 0 spiro atoms. The number of carbonyl (C=O) groups excluding carboxylic acids is 3. The topological polar surface area (TPSA) is 147 Å². The van der Waals surface area contributed by atoms with Gasteiger partial charge in [0.05, 0.1) is 37.2 Å². The van der Waals surface area contributed by atoms with Crippen molar-refractivity contribution in [3.8, 4) is 11.3 Å². The van der Waals surface area contributed by atoms with E-state index in [0.717, 1.165) is 12.0 Å². The van der Waals surface area contributed by atoms with Crippen LogP contribution in [0.15, 0.2) is 45.8 Å². The number of hydrogen-bond acceptors (Lipinski definition) is 8. The highest BCUT2D eigenvalue weighted by atomic mass is 35.5. The van der Waals surface area contributed by atoms with Gasteiger partial charge < -0.3 is 24.8 Å². The first-order valence-corrected chi connectivity index (χ1v) is 9.62. The fourth-order valence-corrected chi connectivity index (χ4v) is 2.58. The number of ether oxygens (including phenoxy) is 1. The Balaban J connectivity index is 1.73. The van der Waals surface area contributed by atoms with E-state index in [1.165, 1.54) is 6.07 Å². The van der Waals surface area contributed by atoms with Crippen molar-refractivity contribution in [2.75, 3.05) is 12.3 Å². The number of hydrogen-bond donors (Lipinski definition) is 2. The van der Waals surface area contributed by atoms with E-state index in [1.807, 2.05) is 0 Å². The summed E-state index contributed by atoms with van der Waals surface area (Å²) in [6.45, 7) is 0.290. The quantitative estimate of drug-likeness (QED) is 0.150. The van der Waals surface area contributed by atoms with Gasteiger partial charge in [-0.3, -0.25) is 14.6 Å². The van der Waals surface area contributed by atoms with Crippen molar-refractivity contribution in [3.63, 3.8) is 0 Å². The third-order valence-corrected chi connectivity index (χ3v) is 4.20. The minimum atomic E-state index is -0.949. The van der Waals surface area contributed by atoms with Gasteiger partial charge in [0.1, 0.15) is 5.76 Å². The molecule has 0 amide bonds. The molecular weight excluding hydrogens is 422 g/mol. The molecule has 0 fully saturated rings. The third kappa shape index (κ3) is 7.88. The van der Waals surface area contributed by atoms with Gasteiger partial charge in [-0.15, -0.1) is 0 Å². The molecule has 2 aromatic rings. The molecule has 0 aliphatic rings. The normalized spacial score (nSPS) is 10.2. The number of esters is 2. The standard InChI is InChI=1S/C18H18ClN3O6S/c19-12-3-1-11(2-4-12)13-5-6-14(26-13)17(25)27-15(23)7-8-16(24)28-29-10-9-22-18(20)21/h1-6H,7-10H2,(H4,20,21,22). The van der Waals surface area contributed by atoms with E-state index in [4.69, 9.17) is 31.7 Å². The second-order valence-corrected chi connectivity index (χ2v) is 6.76. The summed E-state index contributed by atoms with van der Waals surface area (Å²) in [7, 11) is 0. The average molecular weight is 440 g/mol. The van der Waals surface area contributed by atoms with Crippen molar-refractivity contribution >= 4 is 47.5 Å². The van der Waals surface area contributed by atoms with Crippen LogP contribution in [0.25, 0.3) is 11.3 Å². The van der Waals surface area contributed by atoms with Gasteiger partial charge in [0.15, 0.2) is 5.96 Å². The Kier molecular flexibility index (Phi) is 8.56. The molecule has 0 saturated heterocycles. The maximum atomic E-state index is 12.0. The molecule has 0 aliphatic heterocycles. The number of halogens is 1. The van der Waals surface area contributed by atoms with Crippen molar-refractivity contribution in [1.29, 1.82) is 0 Å². The molecule has 1 aromatic carbocycles. The van der Waals surface area contributed by atoms with Crippen LogP contribution in [0.4, 0.5) is 0 Å². The van der Waals surface area contributed by atoms with Crippen LogP contribution in [0.1, 0.15) is 23.4 Å². The van der Waals surface area contributed by atoms with Crippen molar-refractivity contribution in [2.24, 2.45) is 16.5 Å². The van der Waals surface area contributed by atoms with E-state index in [2.05, 4.69) is 9.73 Å². The molecule has 29 heavy (non-hydrogen) atoms. The number of nitrogens with two attached hydrogens (primary N) is 2. The Labute approximate surface area is 175 Å². The van der Waals surface area contributed by atoms with Crippen molar-refractivity contribution < 1.29 is 27.7 Å². The van der Waals surface area contributed by atoms with E-state index < -0.39 is 17.9 Å². The summed E-state index contributed by atoms with van der Waals surface area (Å²) >= 11 is 6.68. The fourth-order valence-electron chi connectivity index (χ4n) is 1.99. The molecular formula is C18H18ClN3O6S. The van der Waals surface area contributed by atoms with Crippen LogP contribution < -0.4 is 11.5 Å². The van der Waals surface area contributed by atoms with E-state index in [-0.39, 0.29) is 31.1 Å². The number of benzene rings is 1. The molecule has 2 rings (SSSR count). The highest BCUT2D eigenvalue weighted by Crippen LogP contribution is 2.24. The predicted octanol–water partition coefficient (Wildman–Crippen LogP) is 2.53. The number of furan rings is 1. The van der Waals surface area contributed by atoms with Gasteiger partial charge in [-0.05, 0) is 36.4 Å². The van der Waals surface area contributed by atoms with Gasteiger partial charge in [-0.25, -0.2) is 4.79 Å². The van der Waals surface area contributed by atoms with Crippen LogP contribution in [0.5, 0.6) is 0 Å². The summed E-state index contributed by atoms with van der Waals surface area (Å²) in [6.07, 6.45) is -0.556. The maximum absolute atomic E-state index is 12.0. The lowest BCUT2D eigenvalue weighted by atomic mass is 10.2. The van der Waals surface area contributed by atoms with Gasteiger partial charge in [-0.1, -0.05) is 11.6 Å². The molecule has 9 nitrogen and oxygen atoms in total. The zero-order valence-electron chi connectivity index (χ0n) is 15.1. The zero-order chi connectivity index (χ0) is 21.2. The number of nitrogens with zero attached hydrogens (tertiary/aromatic N) is 1. The molecule has 0 radical (unpaired) electrons. The highest BCUT2D eigenvalue weighted by Gasteiger charge is 2.19. The summed E-state index contributed by atoms with van der Waals surface area (Å²) in [4.78, 5) is 39.0. The van der Waals surface area contributed by atoms with Gasteiger partial charge in [0, 0.05) is 10.6 Å². The van der Waals surface area contributed by atoms with Crippen LogP contribution in [-0.4, -0.2) is 36.2 Å². The maximum Gasteiger partial charge on any atom is 0.381 e. The number of carbonyl (C=O) groups is 3. The smallest absolute Gasteiger partial charge is 0.381 e.